The summed E-state index contributed by atoms with van der Waals surface area (Å²) in [6.45, 7) is 9.28. The van der Waals surface area contributed by atoms with Crippen LogP contribution in [0.1, 0.15) is 16.9 Å². The van der Waals surface area contributed by atoms with E-state index >= 15 is 0 Å². The molecule has 3 aromatic heterocycles. The first kappa shape index (κ1) is 19.4. The van der Waals surface area contributed by atoms with Crippen molar-refractivity contribution in [2.75, 3.05) is 43.4 Å². The van der Waals surface area contributed by atoms with Crippen LogP contribution < -0.4 is 10.5 Å². The average molecular weight is 416 g/mol. The molecule has 28 heavy (non-hydrogen) atoms. The molecule has 1 aliphatic heterocycles. The maximum absolute atomic E-state index is 12.3. The van der Waals surface area contributed by atoms with E-state index in [0.717, 1.165) is 71.7 Å². The van der Waals surface area contributed by atoms with Crippen LogP contribution >= 0.6 is 23.1 Å². The van der Waals surface area contributed by atoms with E-state index in [2.05, 4.69) is 30.8 Å². The standard InChI is InChI=1S/C20H25N5OS2/c1-14-15(2)28-19-17(14)18(26)22-20(23-19)27-13-5-8-24-9-11-25(12-10-24)16-6-3-4-7-21-16/h3-4,6-7H,5,8-13H2,1-2H3,(H,22,23,26). The first-order chi connectivity index (χ1) is 13.6. The Bertz CT molecular complexity index is 993. The highest BCUT2D eigenvalue weighted by atomic mass is 32.2. The summed E-state index contributed by atoms with van der Waals surface area (Å²) in [4.78, 5) is 31.2. The molecule has 1 fully saturated rings. The molecule has 0 spiro atoms. The highest BCUT2D eigenvalue weighted by Gasteiger charge is 2.17. The van der Waals surface area contributed by atoms with Gasteiger partial charge in [-0.2, -0.15) is 0 Å². The summed E-state index contributed by atoms with van der Waals surface area (Å²) in [5.41, 5.74) is 1.04. The number of hydrogen-bond acceptors (Lipinski definition) is 7. The van der Waals surface area contributed by atoms with Crippen molar-refractivity contribution in [1.82, 2.24) is 19.9 Å². The van der Waals surface area contributed by atoms with Gasteiger partial charge in [0.1, 0.15) is 10.6 Å². The van der Waals surface area contributed by atoms with E-state index in [1.807, 2.05) is 32.2 Å². The molecule has 4 rings (SSSR count). The maximum atomic E-state index is 12.3. The zero-order chi connectivity index (χ0) is 19.5. The van der Waals surface area contributed by atoms with Crippen LogP contribution in [0.15, 0.2) is 34.3 Å². The van der Waals surface area contributed by atoms with Crippen molar-refractivity contribution < 1.29 is 0 Å². The number of nitrogens with one attached hydrogen (secondary N) is 1. The average Bonchev–Trinajstić information content (AvgIpc) is 3.00. The van der Waals surface area contributed by atoms with E-state index in [9.17, 15) is 4.79 Å². The van der Waals surface area contributed by atoms with Crippen molar-refractivity contribution in [2.24, 2.45) is 0 Å². The molecule has 0 saturated carbocycles. The number of anilines is 1. The van der Waals surface area contributed by atoms with E-state index in [-0.39, 0.29) is 5.56 Å². The molecule has 0 radical (unpaired) electrons. The minimum atomic E-state index is -0.0139. The van der Waals surface area contributed by atoms with E-state index < -0.39 is 0 Å². The molecule has 8 heteroatoms. The van der Waals surface area contributed by atoms with Gasteiger partial charge in [-0.05, 0) is 44.5 Å². The van der Waals surface area contributed by atoms with Crippen molar-refractivity contribution in [3.63, 3.8) is 0 Å². The number of aromatic amines is 1. The van der Waals surface area contributed by atoms with Gasteiger partial charge in [-0.25, -0.2) is 9.97 Å². The number of rotatable bonds is 6. The summed E-state index contributed by atoms with van der Waals surface area (Å²) < 4.78 is 0. The van der Waals surface area contributed by atoms with Gasteiger partial charge in [0.15, 0.2) is 5.16 Å². The van der Waals surface area contributed by atoms with Crippen LogP contribution in [0.25, 0.3) is 10.2 Å². The number of hydrogen-bond donors (Lipinski definition) is 1. The molecule has 1 saturated heterocycles. The summed E-state index contributed by atoms with van der Waals surface area (Å²) in [6.07, 6.45) is 2.94. The fourth-order valence-corrected chi connectivity index (χ4v) is 5.38. The Morgan fingerprint density at radius 3 is 2.79 bits per heavy atom. The number of piperazine rings is 1. The summed E-state index contributed by atoms with van der Waals surface area (Å²) in [6, 6.07) is 6.08. The van der Waals surface area contributed by atoms with Gasteiger partial charge < -0.3 is 9.88 Å². The van der Waals surface area contributed by atoms with Crippen LogP contribution in [-0.4, -0.2) is 58.3 Å². The van der Waals surface area contributed by atoms with Gasteiger partial charge in [-0.3, -0.25) is 9.69 Å². The van der Waals surface area contributed by atoms with Gasteiger partial charge in [-0.15, -0.1) is 11.3 Å². The Hall–Kier alpha value is -1.90. The first-order valence-corrected chi connectivity index (χ1v) is 11.4. The van der Waals surface area contributed by atoms with Crippen LogP contribution in [0.3, 0.4) is 0 Å². The van der Waals surface area contributed by atoms with Crippen molar-refractivity contribution in [3.05, 3.63) is 45.2 Å². The van der Waals surface area contributed by atoms with E-state index in [0.29, 0.717) is 0 Å². The Balaban J connectivity index is 1.24. The molecule has 0 aromatic carbocycles. The molecule has 0 unspecified atom stereocenters. The van der Waals surface area contributed by atoms with Crippen molar-refractivity contribution >= 4 is 39.1 Å². The molecule has 0 bridgehead atoms. The normalized spacial score (nSPS) is 15.4. The number of aromatic nitrogens is 3. The highest BCUT2D eigenvalue weighted by molar-refractivity contribution is 7.99. The Morgan fingerprint density at radius 2 is 2.04 bits per heavy atom. The fraction of sp³-hybridized carbons (Fsp3) is 0.450. The van der Waals surface area contributed by atoms with Crippen LogP contribution in [0, 0.1) is 13.8 Å². The quantitative estimate of drug-likeness (QED) is 0.379. The lowest BCUT2D eigenvalue weighted by molar-refractivity contribution is 0.258. The number of pyridine rings is 1. The van der Waals surface area contributed by atoms with Gasteiger partial charge >= 0.3 is 0 Å². The second-order valence-corrected chi connectivity index (χ2v) is 9.34. The summed E-state index contributed by atoms with van der Waals surface area (Å²) in [7, 11) is 0. The summed E-state index contributed by atoms with van der Waals surface area (Å²) in [5, 5.41) is 1.48. The van der Waals surface area contributed by atoms with Crippen LogP contribution in [-0.2, 0) is 0 Å². The number of fused-ring (bicyclic) bond motifs is 1. The van der Waals surface area contributed by atoms with Crippen LogP contribution in [0.5, 0.6) is 0 Å². The lowest BCUT2D eigenvalue weighted by atomic mass is 10.2. The van der Waals surface area contributed by atoms with Crippen molar-refractivity contribution in [3.8, 4) is 0 Å². The second-order valence-electron chi connectivity index (χ2n) is 7.05. The Morgan fingerprint density at radius 1 is 1.21 bits per heavy atom. The van der Waals surface area contributed by atoms with Gasteiger partial charge in [0, 0.05) is 43.0 Å². The SMILES string of the molecule is Cc1sc2nc(SCCCN3CCN(c4ccccn4)CC3)[nH]c(=O)c2c1C. The zero-order valence-electron chi connectivity index (χ0n) is 16.3. The molecule has 148 valence electrons. The summed E-state index contributed by atoms with van der Waals surface area (Å²) in [5.74, 6) is 2.03. The number of nitrogens with zero attached hydrogens (tertiary/aromatic N) is 4. The van der Waals surface area contributed by atoms with Crippen LogP contribution in [0.2, 0.25) is 0 Å². The van der Waals surface area contributed by atoms with Gasteiger partial charge in [0.05, 0.1) is 5.39 Å². The molecule has 6 nitrogen and oxygen atoms in total. The highest BCUT2D eigenvalue weighted by Crippen LogP contribution is 2.27. The third-order valence-corrected chi connectivity index (χ3v) is 7.28. The summed E-state index contributed by atoms with van der Waals surface area (Å²) >= 11 is 3.25. The van der Waals surface area contributed by atoms with Crippen molar-refractivity contribution in [1.29, 1.82) is 0 Å². The molecular weight excluding hydrogens is 390 g/mol. The van der Waals surface area contributed by atoms with E-state index in [1.165, 1.54) is 4.88 Å². The molecule has 1 aliphatic rings. The monoisotopic (exact) mass is 415 g/mol. The molecule has 0 amide bonds. The number of thiophene rings is 1. The van der Waals surface area contributed by atoms with Gasteiger partial charge in [-0.1, -0.05) is 17.8 Å². The predicted octanol–water partition coefficient (Wildman–Crippen LogP) is 3.30. The fourth-order valence-electron chi connectivity index (χ4n) is 3.50. The van der Waals surface area contributed by atoms with Crippen LogP contribution in [0.4, 0.5) is 5.82 Å². The zero-order valence-corrected chi connectivity index (χ0v) is 17.9. The topological polar surface area (TPSA) is 65.1 Å². The minimum Gasteiger partial charge on any atom is -0.354 e. The minimum absolute atomic E-state index is 0.0139. The van der Waals surface area contributed by atoms with Gasteiger partial charge in [0.25, 0.3) is 5.56 Å². The third-order valence-electron chi connectivity index (χ3n) is 5.22. The number of thioether (sulfide) groups is 1. The lowest BCUT2D eigenvalue weighted by Crippen LogP contribution is -2.47. The smallest absolute Gasteiger partial charge is 0.260 e. The van der Waals surface area contributed by atoms with E-state index in [1.54, 1.807) is 23.1 Å². The van der Waals surface area contributed by atoms with Crippen molar-refractivity contribution in [2.45, 2.75) is 25.4 Å². The second kappa shape index (κ2) is 8.63. The molecule has 4 heterocycles. The van der Waals surface area contributed by atoms with E-state index in [4.69, 9.17) is 0 Å². The lowest BCUT2D eigenvalue weighted by Gasteiger charge is -2.35. The number of aryl methyl sites for hydroxylation is 2. The third kappa shape index (κ3) is 4.24. The molecule has 0 atom stereocenters. The molecular formula is C20H25N5OS2. The molecule has 3 aromatic rings. The Kier molecular flexibility index (Phi) is 5.99. The van der Waals surface area contributed by atoms with Gasteiger partial charge in [0.2, 0.25) is 0 Å². The predicted molar refractivity (Wildman–Crippen MR) is 118 cm³/mol. The molecule has 1 N–H and O–H groups in total. The maximum Gasteiger partial charge on any atom is 0.260 e. The number of H-pyrrole nitrogens is 1. The Labute approximate surface area is 173 Å². The molecule has 0 aliphatic carbocycles. The largest absolute Gasteiger partial charge is 0.354 e. The first-order valence-electron chi connectivity index (χ1n) is 9.63.